The zero-order chi connectivity index (χ0) is 14.5. The number of para-hydroxylation sites is 1. The minimum atomic E-state index is -0.522. The van der Waals surface area contributed by atoms with Crippen LogP contribution < -0.4 is 10.1 Å². The maximum Gasteiger partial charge on any atom is 0.265 e. The summed E-state index contributed by atoms with van der Waals surface area (Å²) in [6.45, 7) is 5.63. The van der Waals surface area contributed by atoms with Crippen molar-refractivity contribution in [2.24, 2.45) is 0 Å². The van der Waals surface area contributed by atoms with Crippen LogP contribution in [0.15, 0.2) is 30.3 Å². The van der Waals surface area contributed by atoms with Crippen LogP contribution in [-0.2, 0) is 4.79 Å². The third-order valence-electron chi connectivity index (χ3n) is 3.06. The molecule has 0 bridgehead atoms. The van der Waals surface area contributed by atoms with Crippen LogP contribution in [0.5, 0.6) is 5.75 Å². The molecule has 0 radical (unpaired) electrons. The van der Waals surface area contributed by atoms with Crippen molar-refractivity contribution in [3.63, 3.8) is 0 Å². The third kappa shape index (κ3) is 3.17. The van der Waals surface area contributed by atoms with Gasteiger partial charge in [0, 0.05) is 0 Å². The Morgan fingerprint density at radius 1 is 1.35 bits per heavy atom. The van der Waals surface area contributed by atoms with Gasteiger partial charge in [-0.15, -0.1) is 0 Å². The number of ether oxygens (including phenoxy) is 1. The summed E-state index contributed by atoms with van der Waals surface area (Å²) >= 11 is 0. The molecule has 0 spiro atoms. The first kappa shape index (κ1) is 14.1. The van der Waals surface area contributed by atoms with Crippen molar-refractivity contribution in [1.29, 1.82) is 0 Å². The molecule has 2 aromatic rings. The van der Waals surface area contributed by atoms with Crippen LogP contribution in [0.2, 0.25) is 0 Å². The molecule has 1 amide bonds. The average molecular weight is 273 g/mol. The maximum absolute atomic E-state index is 12.3. The Morgan fingerprint density at radius 3 is 2.60 bits per heavy atom. The first-order valence-corrected chi connectivity index (χ1v) is 6.66. The van der Waals surface area contributed by atoms with Crippen molar-refractivity contribution >= 4 is 11.6 Å². The average Bonchev–Trinajstić information content (AvgIpc) is 2.77. The summed E-state index contributed by atoms with van der Waals surface area (Å²) in [5, 5.41) is 9.77. The predicted octanol–water partition coefficient (Wildman–Crippen LogP) is 2.82. The molecule has 0 saturated heterocycles. The van der Waals surface area contributed by atoms with E-state index in [1.165, 1.54) is 0 Å². The standard InChI is InChI=1S/C15H19N3O2/c1-4-13(20-12-8-6-5-7-9-12)15(19)16-14-10(2)17-18-11(14)3/h5-9,13H,4H2,1-3H3,(H,16,19)(H,17,18). The fraction of sp³-hybridized carbons (Fsp3) is 0.333. The van der Waals surface area contributed by atoms with Gasteiger partial charge >= 0.3 is 0 Å². The van der Waals surface area contributed by atoms with Crippen molar-refractivity contribution < 1.29 is 9.53 Å². The molecule has 2 N–H and O–H groups in total. The molecule has 0 aliphatic heterocycles. The number of aromatic amines is 1. The summed E-state index contributed by atoms with van der Waals surface area (Å²) in [6.07, 6.45) is 0.0718. The maximum atomic E-state index is 12.3. The Morgan fingerprint density at radius 2 is 2.05 bits per heavy atom. The van der Waals surface area contributed by atoms with E-state index in [-0.39, 0.29) is 5.91 Å². The number of carbonyl (C=O) groups excluding carboxylic acids is 1. The molecule has 0 saturated carbocycles. The van der Waals surface area contributed by atoms with Crippen LogP contribution in [0.1, 0.15) is 24.7 Å². The minimum absolute atomic E-state index is 0.163. The fourth-order valence-corrected chi connectivity index (χ4v) is 1.92. The van der Waals surface area contributed by atoms with Crippen LogP contribution >= 0.6 is 0 Å². The molecule has 1 unspecified atom stereocenters. The number of hydrogen-bond acceptors (Lipinski definition) is 3. The number of aromatic nitrogens is 2. The highest BCUT2D eigenvalue weighted by Gasteiger charge is 2.20. The zero-order valence-electron chi connectivity index (χ0n) is 11.9. The van der Waals surface area contributed by atoms with E-state index in [0.717, 1.165) is 17.1 Å². The van der Waals surface area contributed by atoms with E-state index in [2.05, 4.69) is 15.5 Å². The molecule has 20 heavy (non-hydrogen) atoms. The van der Waals surface area contributed by atoms with Crippen molar-refractivity contribution in [1.82, 2.24) is 10.2 Å². The second kappa shape index (κ2) is 6.23. The Hall–Kier alpha value is -2.30. The van der Waals surface area contributed by atoms with Gasteiger partial charge in [0.15, 0.2) is 6.10 Å². The van der Waals surface area contributed by atoms with Gasteiger partial charge in [-0.3, -0.25) is 9.89 Å². The lowest BCUT2D eigenvalue weighted by atomic mass is 10.2. The number of carbonyl (C=O) groups is 1. The van der Waals surface area contributed by atoms with Gasteiger partial charge in [-0.25, -0.2) is 0 Å². The lowest BCUT2D eigenvalue weighted by Gasteiger charge is -2.17. The number of anilines is 1. The molecule has 5 heteroatoms. The molecule has 106 valence electrons. The van der Waals surface area contributed by atoms with E-state index in [4.69, 9.17) is 4.74 Å². The largest absolute Gasteiger partial charge is 0.481 e. The summed E-state index contributed by atoms with van der Waals surface area (Å²) in [7, 11) is 0. The number of H-pyrrole nitrogens is 1. The van der Waals surface area contributed by atoms with Gasteiger partial charge in [0.2, 0.25) is 0 Å². The molecule has 5 nitrogen and oxygen atoms in total. The van der Waals surface area contributed by atoms with Crippen LogP contribution in [0.4, 0.5) is 5.69 Å². The number of rotatable bonds is 5. The number of nitrogens with zero attached hydrogens (tertiary/aromatic N) is 1. The highest BCUT2D eigenvalue weighted by atomic mass is 16.5. The molecule has 1 aromatic heterocycles. The molecule has 1 heterocycles. The van der Waals surface area contributed by atoms with Crippen molar-refractivity contribution in [2.45, 2.75) is 33.3 Å². The van der Waals surface area contributed by atoms with Crippen LogP contribution in [0.3, 0.4) is 0 Å². The number of benzene rings is 1. The van der Waals surface area contributed by atoms with Gasteiger partial charge in [0.1, 0.15) is 5.75 Å². The van der Waals surface area contributed by atoms with E-state index < -0.39 is 6.10 Å². The molecular formula is C15H19N3O2. The third-order valence-corrected chi connectivity index (χ3v) is 3.06. The van der Waals surface area contributed by atoms with E-state index in [1.54, 1.807) is 0 Å². The lowest BCUT2D eigenvalue weighted by molar-refractivity contribution is -0.122. The van der Waals surface area contributed by atoms with Gasteiger partial charge in [-0.2, -0.15) is 5.10 Å². The summed E-state index contributed by atoms with van der Waals surface area (Å²) in [5.41, 5.74) is 2.33. The van der Waals surface area contributed by atoms with E-state index in [9.17, 15) is 4.79 Å². The van der Waals surface area contributed by atoms with Gasteiger partial charge in [-0.1, -0.05) is 25.1 Å². The first-order valence-electron chi connectivity index (χ1n) is 6.66. The van der Waals surface area contributed by atoms with Gasteiger partial charge in [0.25, 0.3) is 5.91 Å². The molecule has 0 aliphatic carbocycles. The quantitative estimate of drug-likeness (QED) is 0.880. The van der Waals surface area contributed by atoms with Crippen molar-refractivity contribution in [3.05, 3.63) is 41.7 Å². The van der Waals surface area contributed by atoms with Gasteiger partial charge in [0.05, 0.1) is 17.1 Å². The Bertz CT molecular complexity index is 559. The summed E-state index contributed by atoms with van der Waals surface area (Å²) < 4.78 is 5.71. The molecule has 2 rings (SSSR count). The van der Waals surface area contributed by atoms with Crippen LogP contribution in [0, 0.1) is 13.8 Å². The van der Waals surface area contributed by atoms with Crippen LogP contribution in [-0.4, -0.2) is 22.2 Å². The SMILES string of the molecule is CCC(Oc1ccccc1)C(=O)Nc1c(C)n[nH]c1C. The molecule has 0 aliphatic rings. The van der Waals surface area contributed by atoms with E-state index in [0.29, 0.717) is 12.2 Å². The van der Waals surface area contributed by atoms with E-state index >= 15 is 0 Å². The van der Waals surface area contributed by atoms with E-state index in [1.807, 2.05) is 51.1 Å². The summed E-state index contributed by atoms with van der Waals surface area (Å²) in [5.74, 6) is 0.527. The number of aryl methyl sites for hydroxylation is 2. The van der Waals surface area contributed by atoms with Gasteiger partial charge < -0.3 is 10.1 Å². The second-order valence-corrected chi connectivity index (χ2v) is 4.63. The fourth-order valence-electron chi connectivity index (χ4n) is 1.92. The Balaban J connectivity index is 2.06. The first-order chi connectivity index (χ1) is 9.61. The normalized spacial score (nSPS) is 11.9. The lowest BCUT2D eigenvalue weighted by Crippen LogP contribution is -2.32. The molecule has 1 aromatic carbocycles. The minimum Gasteiger partial charge on any atom is -0.481 e. The molecular weight excluding hydrogens is 254 g/mol. The zero-order valence-corrected chi connectivity index (χ0v) is 11.9. The second-order valence-electron chi connectivity index (χ2n) is 4.63. The predicted molar refractivity (Wildman–Crippen MR) is 77.8 cm³/mol. The summed E-state index contributed by atoms with van der Waals surface area (Å²) in [4.78, 5) is 12.3. The van der Waals surface area contributed by atoms with Gasteiger partial charge in [-0.05, 0) is 32.4 Å². The number of amides is 1. The Labute approximate surface area is 118 Å². The van der Waals surface area contributed by atoms with Crippen molar-refractivity contribution in [2.75, 3.05) is 5.32 Å². The number of nitrogens with one attached hydrogen (secondary N) is 2. The highest BCUT2D eigenvalue weighted by Crippen LogP contribution is 2.18. The molecule has 0 fully saturated rings. The summed E-state index contributed by atoms with van der Waals surface area (Å²) in [6, 6.07) is 9.34. The molecule has 1 atom stereocenters. The monoisotopic (exact) mass is 273 g/mol. The van der Waals surface area contributed by atoms with Crippen LogP contribution in [0.25, 0.3) is 0 Å². The smallest absolute Gasteiger partial charge is 0.265 e. The highest BCUT2D eigenvalue weighted by molar-refractivity contribution is 5.95. The topological polar surface area (TPSA) is 67.0 Å². The Kier molecular flexibility index (Phi) is 4.40. The number of hydrogen-bond donors (Lipinski definition) is 2. The van der Waals surface area contributed by atoms with Crippen molar-refractivity contribution in [3.8, 4) is 5.75 Å².